The van der Waals surface area contributed by atoms with Gasteiger partial charge in [0.2, 0.25) is 5.91 Å². The van der Waals surface area contributed by atoms with Gasteiger partial charge in [-0.2, -0.15) is 0 Å². The molecule has 1 atom stereocenters. The number of amides is 1. The van der Waals surface area contributed by atoms with Crippen LogP contribution in [0, 0.1) is 0 Å². The summed E-state index contributed by atoms with van der Waals surface area (Å²) in [6, 6.07) is 1.84. The number of hydrogen-bond acceptors (Lipinski definition) is 5. The van der Waals surface area contributed by atoms with E-state index in [4.69, 9.17) is 4.74 Å². The van der Waals surface area contributed by atoms with Crippen molar-refractivity contribution in [1.29, 1.82) is 0 Å². The second-order valence-corrected chi connectivity index (χ2v) is 5.65. The van der Waals surface area contributed by atoms with Crippen molar-refractivity contribution in [3.63, 3.8) is 0 Å². The first-order valence-corrected chi connectivity index (χ1v) is 7.93. The topological polar surface area (TPSA) is 81.9 Å². The maximum absolute atomic E-state index is 11.9. The Hall–Kier alpha value is -2.28. The van der Waals surface area contributed by atoms with Crippen molar-refractivity contribution >= 4 is 5.91 Å². The number of hydrogen-bond donors (Lipinski definition) is 1. The Morgan fingerprint density at radius 2 is 2.39 bits per heavy atom. The van der Waals surface area contributed by atoms with Crippen LogP contribution >= 0.6 is 0 Å². The smallest absolute Gasteiger partial charge is 0.222 e. The Labute approximate surface area is 135 Å². The molecule has 7 heteroatoms. The molecule has 0 bridgehead atoms. The Kier molecular flexibility index (Phi) is 5.31. The third-order valence-corrected chi connectivity index (χ3v) is 3.88. The van der Waals surface area contributed by atoms with E-state index >= 15 is 0 Å². The lowest BCUT2D eigenvalue weighted by Gasteiger charge is -2.20. The highest BCUT2D eigenvalue weighted by atomic mass is 16.5. The van der Waals surface area contributed by atoms with E-state index in [0.29, 0.717) is 26.1 Å². The predicted molar refractivity (Wildman–Crippen MR) is 83.5 cm³/mol. The molecule has 0 unspecified atom stereocenters. The molecule has 3 rings (SSSR count). The van der Waals surface area contributed by atoms with Crippen LogP contribution in [-0.4, -0.2) is 38.6 Å². The Morgan fingerprint density at radius 3 is 3.17 bits per heavy atom. The molecule has 7 nitrogen and oxygen atoms in total. The van der Waals surface area contributed by atoms with E-state index in [0.717, 1.165) is 31.0 Å². The minimum atomic E-state index is -0.000128. The van der Waals surface area contributed by atoms with Gasteiger partial charge in [-0.15, -0.1) is 0 Å². The van der Waals surface area contributed by atoms with E-state index in [1.165, 1.54) is 0 Å². The first-order chi connectivity index (χ1) is 11.3. The molecule has 2 aromatic heterocycles. The number of nitrogens with zero attached hydrogens (tertiary/aromatic N) is 4. The van der Waals surface area contributed by atoms with Gasteiger partial charge in [0.05, 0.1) is 25.2 Å². The van der Waals surface area contributed by atoms with Crippen LogP contribution in [-0.2, 0) is 22.6 Å². The third kappa shape index (κ3) is 4.59. The number of carbonyl (C=O) groups is 1. The van der Waals surface area contributed by atoms with Crippen LogP contribution in [0.1, 0.15) is 36.7 Å². The summed E-state index contributed by atoms with van der Waals surface area (Å²) in [5.74, 6) is 1.08. The summed E-state index contributed by atoms with van der Waals surface area (Å²) in [7, 11) is 0. The van der Waals surface area contributed by atoms with Gasteiger partial charge < -0.3 is 14.6 Å². The minimum absolute atomic E-state index is 0.000128. The lowest BCUT2D eigenvalue weighted by molar-refractivity contribution is -0.121. The highest BCUT2D eigenvalue weighted by molar-refractivity contribution is 5.75. The predicted octanol–water partition coefficient (Wildman–Crippen LogP) is 1.27. The van der Waals surface area contributed by atoms with Crippen LogP contribution in [0.25, 0.3) is 0 Å². The zero-order valence-corrected chi connectivity index (χ0v) is 13.0. The lowest BCUT2D eigenvalue weighted by atomic mass is 10.0. The maximum atomic E-state index is 11.9. The zero-order valence-electron chi connectivity index (χ0n) is 13.0. The maximum Gasteiger partial charge on any atom is 0.222 e. The van der Waals surface area contributed by atoms with Crippen molar-refractivity contribution in [2.24, 2.45) is 0 Å². The number of carbonyl (C=O) groups excluding carboxylic acids is 1. The molecule has 0 radical (unpaired) electrons. The molecule has 2 aromatic rings. The molecule has 3 heterocycles. The average Bonchev–Trinajstić information content (AvgIpc) is 3.13. The lowest BCUT2D eigenvalue weighted by Crippen LogP contribution is -2.25. The number of imidazole rings is 1. The largest absolute Gasteiger partial charge is 0.381 e. The Bertz CT molecular complexity index is 623. The van der Waals surface area contributed by atoms with Gasteiger partial charge in [-0.3, -0.25) is 4.79 Å². The molecule has 1 aliphatic heterocycles. The van der Waals surface area contributed by atoms with E-state index in [-0.39, 0.29) is 11.8 Å². The van der Waals surface area contributed by atoms with Gasteiger partial charge in [-0.05, 0) is 18.9 Å². The molecule has 0 aromatic carbocycles. The van der Waals surface area contributed by atoms with Gasteiger partial charge in [-0.1, -0.05) is 0 Å². The van der Waals surface area contributed by atoms with Crippen LogP contribution < -0.4 is 5.32 Å². The summed E-state index contributed by atoms with van der Waals surface area (Å²) < 4.78 is 7.37. The minimum Gasteiger partial charge on any atom is -0.381 e. The molecular formula is C16H21N5O2. The number of ether oxygens (including phenoxy) is 1. The summed E-state index contributed by atoms with van der Waals surface area (Å²) >= 11 is 0. The molecule has 1 N–H and O–H groups in total. The summed E-state index contributed by atoms with van der Waals surface area (Å²) in [5, 5.41) is 2.90. The monoisotopic (exact) mass is 315 g/mol. The normalized spacial score (nSPS) is 17.8. The molecule has 23 heavy (non-hydrogen) atoms. The SMILES string of the molecule is O=C(CCn1ccnc1)NCc1ccnc([C@H]2CCCOC2)n1. The van der Waals surface area contributed by atoms with E-state index in [2.05, 4.69) is 20.3 Å². The number of rotatable bonds is 6. The van der Waals surface area contributed by atoms with Crippen LogP contribution in [0.15, 0.2) is 31.0 Å². The molecule has 1 fully saturated rings. The highest BCUT2D eigenvalue weighted by Gasteiger charge is 2.18. The fourth-order valence-electron chi connectivity index (χ4n) is 2.58. The summed E-state index contributed by atoms with van der Waals surface area (Å²) in [5.41, 5.74) is 0.830. The number of aromatic nitrogens is 4. The van der Waals surface area contributed by atoms with Gasteiger partial charge in [0.25, 0.3) is 0 Å². The molecule has 0 aliphatic carbocycles. The van der Waals surface area contributed by atoms with E-state index in [1.54, 1.807) is 18.7 Å². The first-order valence-electron chi connectivity index (χ1n) is 7.93. The quantitative estimate of drug-likeness (QED) is 0.868. The van der Waals surface area contributed by atoms with Gasteiger partial charge in [0.15, 0.2) is 0 Å². The van der Waals surface area contributed by atoms with Crippen LogP contribution in [0.5, 0.6) is 0 Å². The van der Waals surface area contributed by atoms with Crippen molar-refractivity contribution in [3.05, 3.63) is 42.5 Å². The fraction of sp³-hybridized carbons (Fsp3) is 0.500. The van der Waals surface area contributed by atoms with Gasteiger partial charge in [-0.25, -0.2) is 15.0 Å². The Morgan fingerprint density at radius 1 is 1.43 bits per heavy atom. The molecule has 1 amide bonds. The van der Waals surface area contributed by atoms with Crippen molar-refractivity contribution in [3.8, 4) is 0 Å². The molecule has 1 aliphatic rings. The van der Waals surface area contributed by atoms with Gasteiger partial charge >= 0.3 is 0 Å². The van der Waals surface area contributed by atoms with Crippen molar-refractivity contribution in [2.75, 3.05) is 13.2 Å². The van der Waals surface area contributed by atoms with Crippen LogP contribution in [0.2, 0.25) is 0 Å². The van der Waals surface area contributed by atoms with Crippen molar-refractivity contribution in [1.82, 2.24) is 24.8 Å². The molecule has 0 saturated carbocycles. The standard InChI is InChI=1S/C16H21N5O2/c22-15(4-7-21-8-6-17-12-21)19-10-14-3-5-18-16(20-14)13-2-1-9-23-11-13/h3,5-6,8,12-13H,1-2,4,7,9-11H2,(H,19,22)/t13-/m0/s1. The fourth-order valence-corrected chi connectivity index (χ4v) is 2.58. The van der Waals surface area contributed by atoms with E-state index < -0.39 is 0 Å². The van der Waals surface area contributed by atoms with Crippen molar-refractivity contribution < 1.29 is 9.53 Å². The molecular weight excluding hydrogens is 294 g/mol. The second-order valence-electron chi connectivity index (χ2n) is 5.65. The van der Waals surface area contributed by atoms with Crippen LogP contribution in [0.3, 0.4) is 0 Å². The Balaban J connectivity index is 1.48. The summed E-state index contributed by atoms with van der Waals surface area (Å²) in [4.78, 5) is 24.7. The zero-order chi connectivity index (χ0) is 15.9. The van der Waals surface area contributed by atoms with Crippen molar-refractivity contribution in [2.45, 2.75) is 38.3 Å². The van der Waals surface area contributed by atoms with Gasteiger partial charge in [0, 0.05) is 44.1 Å². The van der Waals surface area contributed by atoms with E-state index in [1.807, 2.05) is 16.8 Å². The number of nitrogens with one attached hydrogen (secondary N) is 1. The summed E-state index contributed by atoms with van der Waals surface area (Å²) in [6.45, 7) is 2.55. The van der Waals surface area contributed by atoms with Gasteiger partial charge in [0.1, 0.15) is 5.82 Å². The molecule has 1 saturated heterocycles. The molecule has 0 spiro atoms. The molecule has 122 valence electrons. The summed E-state index contributed by atoms with van der Waals surface area (Å²) in [6.07, 6.45) is 9.53. The number of aryl methyl sites for hydroxylation is 1. The second kappa shape index (κ2) is 7.82. The highest BCUT2D eigenvalue weighted by Crippen LogP contribution is 2.22. The average molecular weight is 315 g/mol. The van der Waals surface area contributed by atoms with E-state index in [9.17, 15) is 4.79 Å². The third-order valence-electron chi connectivity index (χ3n) is 3.88. The van der Waals surface area contributed by atoms with Crippen LogP contribution in [0.4, 0.5) is 0 Å². The first kappa shape index (κ1) is 15.6.